The number of unbranched alkanes of at least 4 members (excludes halogenated alkanes) is 2. The first kappa shape index (κ1) is 53.2. The van der Waals surface area contributed by atoms with E-state index in [0.717, 1.165) is 61.4 Å². The number of fused-ring (bicyclic) bond motifs is 1. The van der Waals surface area contributed by atoms with Gasteiger partial charge in [-0.25, -0.2) is 4.79 Å². The molecule has 1 fully saturated rings. The minimum Gasteiger partial charge on any atom is -0.491 e. The summed E-state index contributed by atoms with van der Waals surface area (Å²) in [6, 6.07) is 36.6. The molecule has 380 valence electrons. The fourth-order valence-electron chi connectivity index (χ4n) is 9.40. The van der Waals surface area contributed by atoms with E-state index in [0.29, 0.717) is 63.3 Å². The minimum atomic E-state index is -3.05. The molecule has 2 heterocycles. The number of hydrogen-bond donors (Lipinski definition) is 2. The van der Waals surface area contributed by atoms with E-state index in [1.165, 1.54) is 4.57 Å². The van der Waals surface area contributed by atoms with E-state index in [9.17, 15) is 19.2 Å². The number of methoxy groups -OCH3 is 1. The van der Waals surface area contributed by atoms with E-state index in [1.807, 2.05) is 87.2 Å². The average molecular weight is 994 g/mol. The number of amides is 3. The second-order valence-electron chi connectivity index (χ2n) is 20.7. The minimum absolute atomic E-state index is 0.0932. The van der Waals surface area contributed by atoms with Crippen molar-refractivity contribution in [1.82, 2.24) is 14.4 Å². The molecule has 0 saturated carbocycles. The number of nitrogens with zero attached hydrogens (tertiary/aromatic N) is 3. The first-order chi connectivity index (χ1) is 34.4. The summed E-state index contributed by atoms with van der Waals surface area (Å²) in [7, 11) is 0.578. The third-order valence-corrected chi connectivity index (χ3v) is 18.0. The summed E-state index contributed by atoms with van der Waals surface area (Å²) >= 11 is 0. The van der Waals surface area contributed by atoms with Crippen LogP contribution in [0.15, 0.2) is 121 Å². The van der Waals surface area contributed by atoms with Crippen LogP contribution in [0.3, 0.4) is 0 Å². The van der Waals surface area contributed by atoms with Crippen molar-refractivity contribution in [3.63, 3.8) is 0 Å². The Kier molecular flexibility index (Phi) is 17.2. The summed E-state index contributed by atoms with van der Waals surface area (Å²) in [5, 5.41) is 8.54. The third-order valence-electron chi connectivity index (χ3n) is 13.1. The Morgan fingerprint density at radius 1 is 0.681 bits per heavy atom. The molecule has 1 aliphatic rings. The zero-order valence-electron chi connectivity index (χ0n) is 43.4. The number of anilines is 2. The van der Waals surface area contributed by atoms with Gasteiger partial charge in [0, 0.05) is 79.2 Å². The van der Waals surface area contributed by atoms with E-state index < -0.39 is 25.9 Å². The number of carbonyl (C=O) groups excluding carboxylic acids is 4. The van der Waals surface area contributed by atoms with Crippen LogP contribution in [0.1, 0.15) is 105 Å². The second-order valence-corrected chi connectivity index (χ2v) is 25.0. The molecule has 2 N–H and O–H groups in total. The predicted octanol–water partition coefficient (Wildman–Crippen LogP) is 10.2. The monoisotopic (exact) mass is 994 g/mol. The van der Waals surface area contributed by atoms with E-state index in [-0.39, 0.29) is 30.1 Å². The molecule has 6 aromatic rings. The smallest absolute Gasteiger partial charge is 0.419 e. The van der Waals surface area contributed by atoms with Crippen molar-refractivity contribution in [1.29, 1.82) is 0 Å². The lowest BCUT2D eigenvalue weighted by atomic mass is 10.0. The second kappa shape index (κ2) is 23.3. The number of carbonyl (C=O) groups is 4. The summed E-state index contributed by atoms with van der Waals surface area (Å²) in [6.45, 7) is 18.0. The molecule has 0 spiro atoms. The topological polar surface area (TPSA) is 141 Å². The highest BCUT2D eigenvalue weighted by atomic mass is 28.4. The Bertz CT molecular complexity index is 2810. The van der Waals surface area contributed by atoms with Gasteiger partial charge in [-0.1, -0.05) is 93.6 Å². The van der Waals surface area contributed by atoms with Gasteiger partial charge in [0.05, 0.1) is 31.0 Å². The molecule has 0 aliphatic carbocycles. The van der Waals surface area contributed by atoms with Crippen molar-refractivity contribution in [2.75, 3.05) is 57.6 Å². The normalized spacial score (nSPS) is 13.5. The number of nitrogens with one attached hydrogen (secondary N) is 2. The highest BCUT2D eigenvalue weighted by Crippen LogP contribution is 2.39. The van der Waals surface area contributed by atoms with Crippen molar-refractivity contribution in [3.05, 3.63) is 149 Å². The SMILES string of the molecule is COCc1cc(C(=O)Nc2ccc(C)cc2OCCCCCC(=O)N2CCN(C)CC2)ccc1NC(=O)c1cccc2c1c(CO[Si](c1ccccc1)(c1ccccc1)C(C)(C)C)cn2C(=O)OC(C)(C)C. The van der Waals surface area contributed by atoms with Gasteiger partial charge in [0.2, 0.25) is 5.91 Å². The number of rotatable bonds is 18. The summed E-state index contributed by atoms with van der Waals surface area (Å²) in [6.07, 6.45) is 4.09. The highest BCUT2D eigenvalue weighted by Gasteiger charge is 2.50. The molecule has 72 heavy (non-hydrogen) atoms. The van der Waals surface area contributed by atoms with E-state index in [1.54, 1.807) is 49.7 Å². The zero-order valence-corrected chi connectivity index (χ0v) is 44.4. The Balaban J connectivity index is 1.11. The van der Waals surface area contributed by atoms with Gasteiger partial charge in [-0.3, -0.25) is 19.0 Å². The van der Waals surface area contributed by atoms with Gasteiger partial charge in [0.1, 0.15) is 11.4 Å². The lowest BCUT2D eigenvalue weighted by molar-refractivity contribution is -0.132. The highest BCUT2D eigenvalue weighted by molar-refractivity contribution is 6.99. The van der Waals surface area contributed by atoms with Gasteiger partial charge in [-0.2, -0.15) is 0 Å². The van der Waals surface area contributed by atoms with Gasteiger partial charge in [-0.05, 0) is 117 Å². The van der Waals surface area contributed by atoms with Crippen molar-refractivity contribution < 1.29 is 37.8 Å². The number of benzene rings is 5. The molecule has 5 aromatic carbocycles. The Hall–Kier alpha value is -6.58. The lowest BCUT2D eigenvalue weighted by Crippen LogP contribution is -2.66. The fraction of sp³-hybridized carbons (Fsp3) is 0.379. The van der Waals surface area contributed by atoms with Gasteiger partial charge in [-0.15, -0.1) is 0 Å². The van der Waals surface area contributed by atoms with Crippen LogP contribution in [0.2, 0.25) is 5.04 Å². The van der Waals surface area contributed by atoms with E-state index in [2.05, 4.69) is 67.6 Å². The largest absolute Gasteiger partial charge is 0.491 e. The first-order valence-electron chi connectivity index (χ1n) is 24.9. The maximum atomic E-state index is 14.7. The van der Waals surface area contributed by atoms with Gasteiger partial charge >= 0.3 is 6.09 Å². The molecule has 1 aromatic heterocycles. The molecule has 0 unspecified atom stereocenters. The van der Waals surface area contributed by atoms with Crippen molar-refractivity contribution in [2.24, 2.45) is 0 Å². The van der Waals surface area contributed by atoms with E-state index >= 15 is 0 Å². The fourth-order valence-corrected chi connectivity index (χ4v) is 13.9. The quantitative estimate of drug-likeness (QED) is 0.0636. The standard InChI is InChI=1S/C58H71N5O8Si/c1-41-27-29-49(51(36-41)69-35-18-12-17-26-52(64)62-33-31-61(8)32-34-62)60-54(65)42-28-30-48(43(37-42)39-68-9)59-55(66)47-24-19-25-50-53(47)44(38-63(50)56(67)71-57(2,3)4)40-70-72(58(5,6)7,45-20-13-10-14-21-45)46-22-15-11-16-23-46/h10-11,13-16,19-25,27-30,36-38H,12,17-18,26,31-35,39-40H2,1-9H3,(H,59,66)(H,60,65). The molecule has 0 bridgehead atoms. The van der Waals surface area contributed by atoms with E-state index in [4.69, 9.17) is 18.6 Å². The molecule has 14 heteroatoms. The number of likely N-dealkylation sites (N-methyl/N-ethyl adjacent to an activating group) is 1. The van der Waals surface area contributed by atoms with Gasteiger partial charge in [0.15, 0.2) is 0 Å². The van der Waals surface area contributed by atoms with Crippen LogP contribution >= 0.6 is 0 Å². The number of piperazine rings is 1. The Morgan fingerprint density at radius 2 is 1.33 bits per heavy atom. The molecular formula is C58H71N5O8Si. The van der Waals surface area contributed by atoms with Crippen LogP contribution in [0, 0.1) is 6.92 Å². The van der Waals surface area contributed by atoms with Crippen LogP contribution in [0.4, 0.5) is 16.2 Å². The van der Waals surface area contributed by atoms with Crippen LogP contribution in [0.25, 0.3) is 10.9 Å². The number of aromatic nitrogens is 1. The summed E-state index contributed by atoms with van der Waals surface area (Å²) in [5.41, 5.74) is 3.60. The van der Waals surface area contributed by atoms with Crippen LogP contribution in [-0.4, -0.2) is 99.0 Å². The first-order valence-corrected chi connectivity index (χ1v) is 26.8. The maximum absolute atomic E-state index is 14.7. The van der Waals surface area contributed by atoms with Crippen molar-refractivity contribution in [2.45, 2.75) is 98.0 Å². The van der Waals surface area contributed by atoms with Gasteiger partial charge < -0.3 is 39.1 Å². The zero-order chi connectivity index (χ0) is 51.6. The Morgan fingerprint density at radius 3 is 1.97 bits per heavy atom. The third kappa shape index (κ3) is 12.7. The summed E-state index contributed by atoms with van der Waals surface area (Å²) in [5.74, 6) is -0.0135. The average Bonchev–Trinajstić information content (AvgIpc) is 3.73. The molecule has 3 amide bonds. The van der Waals surface area contributed by atoms with Crippen molar-refractivity contribution >= 4 is 64.8 Å². The van der Waals surface area contributed by atoms with Crippen LogP contribution in [-0.2, 0) is 31.9 Å². The lowest BCUT2D eigenvalue weighted by Gasteiger charge is -2.43. The van der Waals surface area contributed by atoms with Crippen molar-refractivity contribution in [3.8, 4) is 5.75 Å². The number of hydrogen-bond acceptors (Lipinski definition) is 9. The summed E-state index contributed by atoms with van der Waals surface area (Å²) in [4.78, 5) is 59.4. The van der Waals surface area contributed by atoms with Crippen LogP contribution < -0.4 is 25.7 Å². The molecule has 0 atom stereocenters. The molecule has 1 aliphatic heterocycles. The molecular weight excluding hydrogens is 923 g/mol. The maximum Gasteiger partial charge on any atom is 0.419 e. The predicted molar refractivity (Wildman–Crippen MR) is 288 cm³/mol. The number of aryl methyl sites for hydroxylation is 1. The summed E-state index contributed by atoms with van der Waals surface area (Å²) < 4.78 is 26.5. The van der Waals surface area contributed by atoms with Crippen LogP contribution in [0.5, 0.6) is 5.75 Å². The Labute approximate surface area is 425 Å². The number of ether oxygens (including phenoxy) is 3. The molecule has 13 nitrogen and oxygen atoms in total. The molecule has 0 radical (unpaired) electrons. The van der Waals surface area contributed by atoms with Gasteiger partial charge in [0.25, 0.3) is 20.1 Å². The molecule has 1 saturated heterocycles. The molecule has 7 rings (SSSR count).